The fourth-order valence-corrected chi connectivity index (χ4v) is 4.45. The number of hydrogen-bond donors (Lipinski definition) is 3. The van der Waals surface area contributed by atoms with Crippen LogP contribution in [0.15, 0.2) is 25.3 Å². The van der Waals surface area contributed by atoms with Gasteiger partial charge in [-0.25, -0.2) is 4.79 Å². The van der Waals surface area contributed by atoms with E-state index in [0.29, 0.717) is 12.8 Å². The number of aliphatic hydroxyl groups is 1. The summed E-state index contributed by atoms with van der Waals surface area (Å²) >= 11 is 0. The Balaban J connectivity index is 2.09. The zero-order valence-electron chi connectivity index (χ0n) is 19.7. The maximum Gasteiger partial charge on any atom is 0.332 e. The summed E-state index contributed by atoms with van der Waals surface area (Å²) in [6.07, 6.45) is 7.49. The van der Waals surface area contributed by atoms with Crippen LogP contribution in [0.4, 0.5) is 0 Å². The summed E-state index contributed by atoms with van der Waals surface area (Å²) in [6, 6.07) is -0.869. The molecule has 1 aliphatic carbocycles. The van der Waals surface area contributed by atoms with Crippen LogP contribution in [0, 0.1) is 5.92 Å². The highest BCUT2D eigenvalue weighted by atomic mass is 16.5. The number of nitrogens with one attached hydrogen (secondary N) is 1. The lowest BCUT2D eigenvalue weighted by atomic mass is 9.75. The average molecular weight is 463 g/mol. The van der Waals surface area contributed by atoms with Crippen LogP contribution in [0.3, 0.4) is 0 Å². The van der Waals surface area contributed by atoms with Gasteiger partial charge >= 0.3 is 5.97 Å². The van der Waals surface area contributed by atoms with Crippen molar-refractivity contribution < 1.29 is 28.9 Å². The zero-order valence-corrected chi connectivity index (χ0v) is 19.7. The molecule has 2 amide bonds. The molecule has 2 fully saturated rings. The van der Waals surface area contributed by atoms with E-state index in [9.17, 15) is 19.5 Å². The molecule has 2 rings (SSSR count). The van der Waals surface area contributed by atoms with E-state index in [4.69, 9.17) is 15.1 Å². The smallest absolute Gasteiger partial charge is 0.332 e. The molecule has 0 bridgehead atoms. The van der Waals surface area contributed by atoms with Gasteiger partial charge in [-0.2, -0.15) is 0 Å². The van der Waals surface area contributed by atoms with E-state index >= 15 is 0 Å². The van der Waals surface area contributed by atoms with Crippen molar-refractivity contribution in [3.05, 3.63) is 25.3 Å². The lowest BCUT2D eigenvalue weighted by Crippen LogP contribution is -2.54. The first-order valence-corrected chi connectivity index (χ1v) is 11.8. The van der Waals surface area contributed by atoms with Crippen molar-refractivity contribution in [3.63, 3.8) is 0 Å². The quantitative estimate of drug-likeness (QED) is 0.108. The standard InChI is InChI=1S/C23H38BN3O6/c1-4-7-8-9-10-11-18(24-33-15-25)21(30)27-14-17(28)12-19(27)20(29)26-23(13-16(23)5-2)22(31)32-6-3/h4-5,16-19,24,28H,1-2,6-15,25H2,3H3,(H,26,29)/t16-,17-,18+,19+,23-/m1/s1. The Bertz CT molecular complexity index is 720. The van der Waals surface area contributed by atoms with Crippen molar-refractivity contribution in [2.45, 2.75) is 75.4 Å². The molecule has 5 atom stereocenters. The number of unbranched alkanes of at least 4 members (excludes halogenated alkanes) is 3. The number of nitrogens with two attached hydrogens (primary N) is 1. The van der Waals surface area contributed by atoms with Crippen molar-refractivity contribution in [1.29, 1.82) is 0 Å². The summed E-state index contributed by atoms with van der Waals surface area (Å²) in [4.78, 5) is 40.5. The molecule has 0 aromatic carbocycles. The van der Waals surface area contributed by atoms with Gasteiger partial charge in [-0.1, -0.05) is 25.0 Å². The number of esters is 1. The maximum absolute atomic E-state index is 13.4. The molecule has 0 unspecified atom stereocenters. The number of likely N-dealkylation sites (tertiary alicyclic amines) is 1. The van der Waals surface area contributed by atoms with E-state index in [1.54, 1.807) is 13.0 Å². The van der Waals surface area contributed by atoms with Gasteiger partial charge in [0.1, 0.15) is 11.6 Å². The summed E-state index contributed by atoms with van der Waals surface area (Å²) < 4.78 is 10.5. The molecule has 9 nitrogen and oxygen atoms in total. The highest BCUT2D eigenvalue weighted by Crippen LogP contribution is 2.45. The first-order valence-electron chi connectivity index (χ1n) is 11.8. The molecular weight excluding hydrogens is 425 g/mol. The van der Waals surface area contributed by atoms with Crippen molar-refractivity contribution in [2.24, 2.45) is 11.7 Å². The molecule has 33 heavy (non-hydrogen) atoms. The van der Waals surface area contributed by atoms with Gasteiger partial charge < -0.3 is 30.4 Å². The van der Waals surface area contributed by atoms with Crippen molar-refractivity contribution in [1.82, 2.24) is 10.2 Å². The van der Waals surface area contributed by atoms with Crippen LogP contribution >= 0.6 is 0 Å². The number of ether oxygens (including phenoxy) is 1. The minimum absolute atomic E-state index is 0.00220. The van der Waals surface area contributed by atoms with E-state index in [1.165, 1.54) is 4.90 Å². The van der Waals surface area contributed by atoms with Gasteiger partial charge in [0.05, 0.1) is 19.4 Å². The van der Waals surface area contributed by atoms with Gasteiger partial charge in [0, 0.05) is 24.7 Å². The molecule has 0 aromatic rings. The number of allylic oxidation sites excluding steroid dienone is 1. The predicted octanol–water partition coefficient (Wildman–Crippen LogP) is 0.782. The molecule has 184 valence electrons. The highest BCUT2D eigenvalue weighted by molar-refractivity contribution is 6.37. The third kappa shape index (κ3) is 6.91. The van der Waals surface area contributed by atoms with Gasteiger partial charge in [0.2, 0.25) is 11.8 Å². The lowest BCUT2D eigenvalue weighted by molar-refractivity contribution is -0.150. The molecule has 1 saturated carbocycles. The van der Waals surface area contributed by atoms with Gasteiger partial charge in [0.15, 0.2) is 0 Å². The average Bonchev–Trinajstić information content (AvgIpc) is 3.37. The van der Waals surface area contributed by atoms with Crippen LogP contribution in [0.1, 0.15) is 51.9 Å². The summed E-state index contributed by atoms with van der Waals surface area (Å²) in [5, 5.41) is 13.1. The molecule has 2 aliphatic rings. The van der Waals surface area contributed by atoms with Crippen LogP contribution in [-0.2, 0) is 23.8 Å². The number of rotatable bonds is 15. The van der Waals surface area contributed by atoms with Crippen LogP contribution in [0.2, 0.25) is 5.82 Å². The minimum Gasteiger partial charge on any atom is -0.464 e. The number of aliphatic hydroxyl groups excluding tert-OH is 1. The van der Waals surface area contributed by atoms with Crippen LogP contribution < -0.4 is 11.1 Å². The Hall–Kier alpha value is -2.17. The third-order valence-electron chi connectivity index (χ3n) is 6.40. The largest absolute Gasteiger partial charge is 0.464 e. The van der Waals surface area contributed by atoms with Crippen LogP contribution in [-0.4, -0.2) is 72.8 Å². The monoisotopic (exact) mass is 463 g/mol. The Morgan fingerprint density at radius 1 is 1.33 bits per heavy atom. The predicted molar refractivity (Wildman–Crippen MR) is 126 cm³/mol. The molecular formula is C23H38BN3O6. The molecule has 0 radical (unpaired) electrons. The normalized spacial score (nSPS) is 26.9. The number of carbonyl (C=O) groups excluding carboxylic acids is 3. The maximum atomic E-state index is 13.4. The SMILES string of the molecule is C=CCCCCC[C@H](BOCN)C(=O)N1C[C@H](O)C[C@H]1C(=O)N[C@]1(C(=O)OCC)C[C@H]1C=C. The van der Waals surface area contributed by atoms with E-state index in [0.717, 1.165) is 25.7 Å². The number of amides is 2. The Kier molecular flexibility index (Phi) is 10.6. The second-order valence-corrected chi connectivity index (χ2v) is 8.78. The summed E-state index contributed by atoms with van der Waals surface area (Å²) in [6.45, 7) is 9.40. The first-order chi connectivity index (χ1) is 15.8. The van der Waals surface area contributed by atoms with Gasteiger partial charge in [-0.05, 0) is 32.6 Å². The number of hydrogen-bond acceptors (Lipinski definition) is 7. The Morgan fingerprint density at radius 3 is 2.70 bits per heavy atom. The molecule has 1 saturated heterocycles. The third-order valence-corrected chi connectivity index (χ3v) is 6.40. The zero-order chi connectivity index (χ0) is 24.4. The number of β-amino-alcohol motifs (C(OH)–C–C–N with tert-alkyl or cyclic N) is 1. The first kappa shape index (κ1) is 27.1. The van der Waals surface area contributed by atoms with Crippen molar-refractivity contribution in [3.8, 4) is 0 Å². The molecule has 0 aromatic heterocycles. The van der Waals surface area contributed by atoms with Gasteiger partial charge in [0.25, 0.3) is 7.48 Å². The Morgan fingerprint density at radius 2 is 2.09 bits per heavy atom. The highest BCUT2D eigenvalue weighted by Gasteiger charge is 2.62. The number of carbonyl (C=O) groups is 3. The molecule has 4 N–H and O–H groups in total. The van der Waals surface area contributed by atoms with E-state index in [1.807, 2.05) is 6.08 Å². The van der Waals surface area contributed by atoms with Gasteiger partial charge in [-0.3, -0.25) is 9.59 Å². The molecule has 10 heteroatoms. The second-order valence-electron chi connectivity index (χ2n) is 8.78. The van der Waals surface area contributed by atoms with E-state index < -0.39 is 35.4 Å². The summed E-state index contributed by atoms with van der Waals surface area (Å²) in [5.41, 5.74) is 4.32. The van der Waals surface area contributed by atoms with Crippen molar-refractivity contribution >= 4 is 25.3 Å². The summed E-state index contributed by atoms with van der Waals surface area (Å²) in [5.74, 6) is -1.91. The Labute approximate surface area is 197 Å². The number of nitrogens with zero attached hydrogens (tertiary/aromatic N) is 1. The van der Waals surface area contributed by atoms with Gasteiger partial charge in [-0.15, -0.1) is 13.2 Å². The lowest BCUT2D eigenvalue weighted by Gasteiger charge is -2.29. The molecule has 1 heterocycles. The topological polar surface area (TPSA) is 131 Å². The fourth-order valence-electron chi connectivity index (χ4n) is 4.45. The summed E-state index contributed by atoms with van der Waals surface area (Å²) in [7, 11) is 0.156. The second kappa shape index (κ2) is 12.9. The van der Waals surface area contributed by atoms with Crippen LogP contribution in [0.25, 0.3) is 0 Å². The van der Waals surface area contributed by atoms with Crippen LogP contribution in [0.5, 0.6) is 0 Å². The minimum atomic E-state index is -1.15. The molecule has 1 aliphatic heterocycles. The van der Waals surface area contributed by atoms with Crippen molar-refractivity contribution in [2.75, 3.05) is 19.9 Å². The van der Waals surface area contributed by atoms with E-state index in [2.05, 4.69) is 18.5 Å². The fraction of sp³-hybridized carbons (Fsp3) is 0.696. The molecule has 0 spiro atoms. The van der Waals surface area contributed by atoms with E-state index in [-0.39, 0.29) is 45.6 Å².